The van der Waals surface area contributed by atoms with E-state index in [0.29, 0.717) is 30.2 Å². The van der Waals surface area contributed by atoms with E-state index < -0.39 is 23.7 Å². The molecule has 4 heterocycles. The fourth-order valence-electron chi connectivity index (χ4n) is 3.11. The summed E-state index contributed by atoms with van der Waals surface area (Å²) in [6.07, 6.45) is -8.18. The van der Waals surface area contributed by atoms with E-state index >= 15 is 0 Å². The molecule has 0 unspecified atom stereocenters. The molecule has 0 radical (unpaired) electrons. The molecule has 0 spiro atoms. The average Bonchev–Trinajstić information content (AvgIpc) is 3.14. The highest BCUT2D eigenvalue weighted by molar-refractivity contribution is 5.94. The zero-order valence-electron chi connectivity index (χ0n) is 14.9. The summed E-state index contributed by atoms with van der Waals surface area (Å²) >= 11 is 0. The Kier molecular flexibility index (Phi) is 3.76. The van der Waals surface area contributed by atoms with Gasteiger partial charge in [-0.1, -0.05) is 0 Å². The smallest absolute Gasteiger partial charge is 0.421 e. The van der Waals surface area contributed by atoms with Crippen molar-refractivity contribution in [1.29, 1.82) is 0 Å². The Hall–Kier alpha value is -3.70. The van der Waals surface area contributed by atoms with Crippen molar-refractivity contribution in [3.05, 3.63) is 42.2 Å². The van der Waals surface area contributed by atoms with E-state index in [2.05, 4.69) is 29.9 Å². The molecule has 1 N–H and O–H groups in total. The number of alkyl halides is 4. The number of aromatic nitrogens is 4. The highest BCUT2D eigenvalue weighted by Crippen LogP contribution is 2.47. The predicted molar refractivity (Wildman–Crippen MR) is 92.2 cm³/mol. The second kappa shape index (κ2) is 6.15. The van der Waals surface area contributed by atoms with Crippen LogP contribution >= 0.6 is 0 Å². The fourth-order valence-corrected chi connectivity index (χ4v) is 3.11. The number of hydrogen-bond acceptors (Lipinski definition) is 6. The van der Waals surface area contributed by atoms with Gasteiger partial charge in [-0.2, -0.15) is 22.7 Å². The summed E-state index contributed by atoms with van der Waals surface area (Å²) in [5.41, 5.74) is 1.44. The van der Waals surface area contributed by atoms with Gasteiger partial charge in [-0.25, -0.2) is 9.97 Å². The van der Waals surface area contributed by atoms with Crippen LogP contribution in [-0.2, 0) is 6.54 Å². The number of benzene rings is 1. The van der Waals surface area contributed by atoms with Crippen LogP contribution in [0.15, 0.2) is 36.5 Å². The molecule has 8 nitrogen and oxygen atoms in total. The van der Waals surface area contributed by atoms with Gasteiger partial charge in [0.2, 0.25) is 0 Å². The summed E-state index contributed by atoms with van der Waals surface area (Å²) in [7, 11) is 0. The Balaban J connectivity index is 1.51. The van der Waals surface area contributed by atoms with Crippen LogP contribution in [0.2, 0.25) is 0 Å². The molecule has 5 rings (SSSR count). The minimum Gasteiger partial charge on any atom is -0.421 e. The van der Waals surface area contributed by atoms with E-state index in [0.717, 1.165) is 12.1 Å². The summed E-state index contributed by atoms with van der Waals surface area (Å²) in [4.78, 5) is 20.3. The Morgan fingerprint density at radius 1 is 1.00 bits per heavy atom. The minimum absolute atomic E-state index is 0.120. The standard InChI is InChI=1S/C18H11F4N5O3/c19-17(20)18(21,22)30-14-7-9(1-2-13(14)29-17)15-23-4-3-10(25-15)11-8-12-16(28)24-5-6-27(12)26-11/h1-4,7-8H,5-6H2,(H,24,28). The van der Waals surface area contributed by atoms with Crippen molar-refractivity contribution in [3.63, 3.8) is 0 Å². The zero-order chi connectivity index (χ0) is 21.1. The van der Waals surface area contributed by atoms with Crippen LogP contribution in [0.5, 0.6) is 11.5 Å². The van der Waals surface area contributed by atoms with Gasteiger partial charge in [0, 0.05) is 18.3 Å². The number of fused-ring (bicyclic) bond motifs is 2. The molecule has 30 heavy (non-hydrogen) atoms. The molecule has 0 saturated heterocycles. The van der Waals surface area contributed by atoms with E-state index in [1.165, 1.54) is 12.3 Å². The van der Waals surface area contributed by atoms with Crippen molar-refractivity contribution in [3.8, 4) is 34.3 Å². The molecule has 0 atom stereocenters. The largest absolute Gasteiger partial charge is 0.507 e. The lowest BCUT2D eigenvalue weighted by molar-refractivity contribution is -0.391. The van der Waals surface area contributed by atoms with Crippen LogP contribution in [0.25, 0.3) is 22.8 Å². The molecule has 0 bridgehead atoms. The molecule has 1 amide bonds. The number of halogens is 4. The normalized spacial score (nSPS) is 18.5. The van der Waals surface area contributed by atoms with Gasteiger partial charge in [-0.15, -0.1) is 0 Å². The van der Waals surface area contributed by atoms with Gasteiger partial charge in [0.25, 0.3) is 5.91 Å². The summed E-state index contributed by atoms with van der Waals surface area (Å²) < 4.78 is 63.3. The van der Waals surface area contributed by atoms with Crippen molar-refractivity contribution in [2.45, 2.75) is 18.8 Å². The molecule has 0 saturated carbocycles. The molecule has 0 fully saturated rings. The van der Waals surface area contributed by atoms with Gasteiger partial charge in [0.15, 0.2) is 17.3 Å². The summed E-state index contributed by atoms with van der Waals surface area (Å²) in [5, 5.41) is 7.06. The molecule has 2 aliphatic heterocycles. The predicted octanol–water partition coefficient (Wildman–Crippen LogP) is 2.71. The van der Waals surface area contributed by atoms with E-state index in [-0.39, 0.29) is 17.3 Å². The van der Waals surface area contributed by atoms with Crippen molar-refractivity contribution >= 4 is 5.91 Å². The number of nitrogens with one attached hydrogen (secondary N) is 1. The van der Waals surface area contributed by atoms with Crippen molar-refractivity contribution in [2.24, 2.45) is 0 Å². The first-order valence-electron chi connectivity index (χ1n) is 8.71. The molecule has 0 aliphatic carbocycles. The number of hydrogen-bond donors (Lipinski definition) is 1. The summed E-state index contributed by atoms with van der Waals surface area (Å²) in [6, 6.07) is 6.65. The highest BCUT2D eigenvalue weighted by atomic mass is 19.3. The number of amides is 1. The van der Waals surface area contributed by atoms with Gasteiger partial charge < -0.3 is 14.8 Å². The van der Waals surface area contributed by atoms with Gasteiger partial charge in [-0.05, 0) is 30.3 Å². The maximum absolute atomic E-state index is 13.5. The molecule has 2 aliphatic rings. The first-order chi connectivity index (χ1) is 14.2. The molecular formula is C18H11F4N5O3. The Labute approximate surface area is 165 Å². The number of rotatable bonds is 2. The van der Waals surface area contributed by atoms with E-state index in [1.807, 2.05) is 0 Å². The summed E-state index contributed by atoms with van der Waals surface area (Å²) in [6.45, 7) is 0.975. The number of carbonyl (C=O) groups excluding carboxylic acids is 1. The lowest BCUT2D eigenvalue weighted by atomic mass is 10.1. The first-order valence-corrected chi connectivity index (χ1v) is 8.71. The first kappa shape index (κ1) is 18.3. The van der Waals surface area contributed by atoms with Gasteiger partial charge in [-0.3, -0.25) is 9.48 Å². The molecule has 1 aromatic carbocycles. The van der Waals surface area contributed by atoms with Crippen LogP contribution in [-0.4, -0.2) is 44.4 Å². The zero-order valence-corrected chi connectivity index (χ0v) is 14.9. The van der Waals surface area contributed by atoms with Crippen LogP contribution < -0.4 is 14.8 Å². The second-order valence-electron chi connectivity index (χ2n) is 6.56. The third-order valence-electron chi connectivity index (χ3n) is 4.56. The SMILES string of the molecule is O=C1NCCn2nc(-c3ccnc(-c4ccc5c(c4)OC(F)(F)C(F)(F)O5)n3)cc21. The van der Waals surface area contributed by atoms with Crippen molar-refractivity contribution < 1.29 is 31.8 Å². The summed E-state index contributed by atoms with van der Waals surface area (Å²) in [5.74, 6) is -1.22. The fraction of sp³-hybridized carbons (Fsp3) is 0.222. The minimum atomic E-state index is -4.82. The van der Waals surface area contributed by atoms with Gasteiger partial charge in [0.1, 0.15) is 11.4 Å². The van der Waals surface area contributed by atoms with Gasteiger partial charge in [0.05, 0.1) is 12.2 Å². The topological polar surface area (TPSA) is 91.2 Å². The number of nitrogens with zero attached hydrogens (tertiary/aromatic N) is 4. The van der Waals surface area contributed by atoms with Crippen molar-refractivity contribution in [1.82, 2.24) is 25.1 Å². The Morgan fingerprint density at radius 2 is 1.77 bits per heavy atom. The Bertz CT molecular complexity index is 1180. The third-order valence-corrected chi connectivity index (χ3v) is 4.56. The Morgan fingerprint density at radius 3 is 2.53 bits per heavy atom. The molecule has 12 heteroatoms. The third kappa shape index (κ3) is 2.83. The number of ether oxygens (including phenoxy) is 2. The van der Waals surface area contributed by atoms with Gasteiger partial charge >= 0.3 is 12.2 Å². The van der Waals surface area contributed by atoms with E-state index in [1.54, 1.807) is 16.8 Å². The molecule has 2 aromatic heterocycles. The molecule has 3 aromatic rings. The molecular weight excluding hydrogens is 410 g/mol. The lowest BCUT2D eigenvalue weighted by Crippen LogP contribution is -2.52. The molecule has 154 valence electrons. The quantitative estimate of drug-likeness (QED) is 0.640. The van der Waals surface area contributed by atoms with Crippen LogP contribution in [0, 0.1) is 0 Å². The number of carbonyl (C=O) groups is 1. The second-order valence-corrected chi connectivity index (χ2v) is 6.56. The van der Waals surface area contributed by atoms with Crippen LogP contribution in [0.3, 0.4) is 0 Å². The van der Waals surface area contributed by atoms with Crippen molar-refractivity contribution in [2.75, 3.05) is 6.54 Å². The average molecular weight is 421 g/mol. The van der Waals surface area contributed by atoms with E-state index in [9.17, 15) is 22.4 Å². The van der Waals surface area contributed by atoms with Crippen LogP contribution in [0.1, 0.15) is 10.5 Å². The maximum Gasteiger partial charge on any atom is 0.507 e. The maximum atomic E-state index is 13.5. The lowest BCUT2D eigenvalue weighted by Gasteiger charge is -2.31. The van der Waals surface area contributed by atoms with E-state index in [4.69, 9.17) is 0 Å². The monoisotopic (exact) mass is 421 g/mol. The van der Waals surface area contributed by atoms with Crippen LogP contribution in [0.4, 0.5) is 17.6 Å². The highest BCUT2D eigenvalue weighted by Gasteiger charge is 2.65.